The summed E-state index contributed by atoms with van der Waals surface area (Å²) in [5.74, 6) is -4.97. The standard InChI is InChI=1S/C31H33FN6O9S2/c1-47-31(44)25-22(8-13-48-25)49(45,46)37-11-9-36(10-12-37)30(43)28(41)34-21-14-18-4-7-20(21)26-35-23(24(39)29(42)38(26)16-18)27(40)33-15-17-2-5-19(32)6-3-17/h2-3,5-6,8,13,18,20-21,39H,4,7,9-12,14-16H2,1H3,(H,33,40)(H,34,41). The Labute approximate surface area is 283 Å². The molecule has 1 saturated carbocycles. The highest BCUT2D eigenvalue weighted by molar-refractivity contribution is 7.89. The summed E-state index contributed by atoms with van der Waals surface area (Å²) in [6.07, 6.45) is 1.62. The highest BCUT2D eigenvalue weighted by Crippen LogP contribution is 2.40. The number of nitrogens with one attached hydrogen (secondary N) is 2. The molecule has 2 fully saturated rings. The number of fused-ring (bicyclic) bond motifs is 2. The number of sulfonamides is 1. The summed E-state index contributed by atoms with van der Waals surface area (Å²) in [5.41, 5.74) is -0.672. The summed E-state index contributed by atoms with van der Waals surface area (Å²) in [7, 11) is -2.90. The van der Waals surface area contributed by atoms with Crippen LogP contribution >= 0.6 is 11.3 Å². The van der Waals surface area contributed by atoms with Crippen LogP contribution in [-0.2, 0) is 37.4 Å². The number of aromatic hydroxyl groups is 1. The van der Waals surface area contributed by atoms with Crippen LogP contribution in [-0.4, -0.2) is 95.3 Å². The van der Waals surface area contributed by atoms with Gasteiger partial charge in [-0.25, -0.2) is 22.6 Å². The van der Waals surface area contributed by atoms with Gasteiger partial charge in [0.15, 0.2) is 5.69 Å². The van der Waals surface area contributed by atoms with Crippen molar-refractivity contribution in [2.24, 2.45) is 5.92 Å². The maximum atomic E-state index is 13.3. The molecule has 0 spiro atoms. The molecule has 3 amide bonds. The fourth-order valence-electron chi connectivity index (χ4n) is 6.58. The van der Waals surface area contributed by atoms with Crippen LogP contribution in [0.15, 0.2) is 45.4 Å². The van der Waals surface area contributed by atoms with Gasteiger partial charge in [0.05, 0.1) is 7.11 Å². The lowest BCUT2D eigenvalue weighted by Crippen LogP contribution is -2.55. The topological polar surface area (TPSA) is 197 Å². The first-order valence-electron chi connectivity index (χ1n) is 15.5. The van der Waals surface area contributed by atoms with Gasteiger partial charge in [-0.15, -0.1) is 11.3 Å². The number of nitrogens with zero attached hydrogens (tertiary/aromatic N) is 4. The zero-order chi connectivity index (χ0) is 35.0. The van der Waals surface area contributed by atoms with E-state index in [0.29, 0.717) is 24.8 Å². The molecule has 1 saturated heterocycles. The van der Waals surface area contributed by atoms with E-state index in [9.17, 15) is 41.9 Å². The molecule has 1 aromatic carbocycles. The lowest BCUT2D eigenvalue weighted by Gasteiger charge is -2.35. The molecule has 0 radical (unpaired) electrons. The number of piperazine rings is 1. The van der Waals surface area contributed by atoms with Gasteiger partial charge in [-0.1, -0.05) is 12.1 Å². The normalized spacial score (nSPS) is 20.6. The van der Waals surface area contributed by atoms with E-state index in [4.69, 9.17) is 0 Å². The highest BCUT2D eigenvalue weighted by atomic mass is 32.2. The number of hydrogen-bond donors (Lipinski definition) is 3. The van der Waals surface area contributed by atoms with E-state index < -0.39 is 68.5 Å². The van der Waals surface area contributed by atoms with Crippen molar-refractivity contribution in [2.45, 2.75) is 49.2 Å². The predicted octanol–water partition coefficient (Wildman–Crippen LogP) is 0.781. The van der Waals surface area contributed by atoms with Crippen LogP contribution < -0.4 is 16.2 Å². The molecule has 2 bridgehead atoms. The van der Waals surface area contributed by atoms with E-state index in [2.05, 4.69) is 20.4 Å². The van der Waals surface area contributed by atoms with Crippen molar-refractivity contribution < 1.29 is 41.8 Å². The number of hydrogen-bond acceptors (Lipinski definition) is 11. The Bertz CT molecular complexity index is 1970. The second-order valence-electron chi connectivity index (χ2n) is 12.1. The molecule has 5 heterocycles. The van der Waals surface area contributed by atoms with Gasteiger partial charge in [-0.3, -0.25) is 23.7 Å². The smallest absolute Gasteiger partial charge is 0.349 e. The van der Waals surface area contributed by atoms with Gasteiger partial charge < -0.3 is 25.4 Å². The van der Waals surface area contributed by atoms with Crippen molar-refractivity contribution in [3.05, 3.63) is 73.8 Å². The van der Waals surface area contributed by atoms with E-state index in [1.165, 1.54) is 45.2 Å². The predicted molar refractivity (Wildman–Crippen MR) is 171 cm³/mol. The number of carbonyl (C=O) groups is 4. The van der Waals surface area contributed by atoms with E-state index in [-0.39, 0.29) is 60.8 Å². The Balaban J connectivity index is 1.13. The maximum absolute atomic E-state index is 13.3. The lowest BCUT2D eigenvalue weighted by molar-refractivity contribution is -0.147. The molecule has 49 heavy (non-hydrogen) atoms. The summed E-state index contributed by atoms with van der Waals surface area (Å²) >= 11 is 0.943. The number of methoxy groups -OCH3 is 1. The van der Waals surface area contributed by atoms with Gasteiger partial charge in [-0.2, -0.15) is 4.31 Å². The molecule has 7 rings (SSSR count). The third kappa shape index (κ3) is 6.67. The number of aromatic nitrogens is 2. The average molecular weight is 717 g/mol. The van der Waals surface area contributed by atoms with Crippen LogP contribution in [0, 0.1) is 11.7 Å². The van der Waals surface area contributed by atoms with Gasteiger partial charge in [0.2, 0.25) is 15.8 Å². The molecule has 3 atom stereocenters. The van der Waals surface area contributed by atoms with Gasteiger partial charge >= 0.3 is 17.8 Å². The van der Waals surface area contributed by atoms with Gasteiger partial charge in [0.25, 0.3) is 11.5 Å². The first kappa shape index (κ1) is 34.2. The third-order valence-electron chi connectivity index (χ3n) is 9.14. The minimum Gasteiger partial charge on any atom is -0.501 e. The Morgan fingerprint density at radius 1 is 1.08 bits per heavy atom. The van der Waals surface area contributed by atoms with Crippen molar-refractivity contribution in [2.75, 3.05) is 33.3 Å². The zero-order valence-electron chi connectivity index (χ0n) is 26.3. The third-order valence-corrected chi connectivity index (χ3v) is 12.1. The van der Waals surface area contributed by atoms with E-state index >= 15 is 0 Å². The van der Waals surface area contributed by atoms with Gasteiger partial charge in [-0.05, 0) is 54.3 Å². The van der Waals surface area contributed by atoms with Crippen LogP contribution in [0.1, 0.15) is 56.7 Å². The molecule has 3 aromatic rings. The van der Waals surface area contributed by atoms with Crippen LogP contribution in [0.2, 0.25) is 0 Å². The molecular formula is C31H33FN6O9S2. The van der Waals surface area contributed by atoms with Crippen molar-refractivity contribution in [3.8, 4) is 5.75 Å². The SMILES string of the molecule is COC(=O)c1sccc1S(=O)(=O)N1CCN(C(=O)C(=O)NC2CC3CCC2c2nc(C(=O)NCc4ccc(F)cc4)c(O)c(=O)n2C3)CC1. The van der Waals surface area contributed by atoms with Crippen molar-refractivity contribution in [1.29, 1.82) is 0 Å². The van der Waals surface area contributed by atoms with Crippen LogP contribution in [0.3, 0.4) is 0 Å². The number of carbonyl (C=O) groups excluding carboxylic acids is 4. The quantitative estimate of drug-likeness (QED) is 0.232. The summed E-state index contributed by atoms with van der Waals surface area (Å²) in [4.78, 5) is 70.3. The molecule has 1 aliphatic carbocycles. The summed E-state index contributed by atoms with van der Waals surface area (Å²) in [6, 6.07) is 6.16. The minimum absolute atomic E-state index is 0.00630. The Morgan fingerprint density at radius 2 is 1.80 bits per heavy atom. The van der Waals surface area contributed by atoms with Crippen molar-refractivity contribution in [1.82, 2.24) is 29.4 Å². The number of thiophene rings is 1. The molecule has 3 unspecified atom stereocenters. The number of benzene rings is 1. The molecule has 3 N–H and O–H groups in total. The van der Waals surface area contributed by atoms with Crippen LogP contribution in [0.5, 0.6) is 5.75 Å². The number of ether oxygens (including phenoxy) is 1. The van der Waals surface area contributed by atoms with Crippen LogP contribution in [0.4, 0.5) is 4.39 Å². The number of esters is 1. The summed E-state index contributed by atoms with van der Waals surface area (Å²) in [6.45, 7) is -0.108. The van der Waals surface area contributed by atoms with E-state index in [0.717, 1.165) is 22.8 Å². The maximum Gasteiger partial charge on any atom is 0.349 e. The second-order valence-corrected chi connectivity index (χ2v) is 14.9. The van der Waals surface area contributed by atoms with E-state index in [1.54, 1.807) is 0 Å². The molecule has 18 heteroatoms. The van der Waals surface area contributed by atoms with Crippen LogP contribution in [0.25, 0.3) is 0 Å². The summed E-state index contributed by atoms with van der Waals surface area (Å²) < 4.78 is 46.9. The minimum atomic E-state index is -4.06. The first-order valence-corrected chi connectivity index (χ1v) is 17.8. The highest BCUT2D eigenvalue weighted by Gasteiger charge is 2.42. The second kappa shape index (κ2) is 13.7. The van der Waals surface area contributed by atoms with Gasteiger partial charge in [0, 0.05) is 51.2 Å². The Kier molecular flexibility index (Phi) is 9.54. The number of amides is 3. The number of halogens is 1. The molecular weight excluding hydrogens is 684 g/mol. The molecule has 4 aliphatic rings. The zero-order valence-corrected chi connectivity index (χ0v) is 27.9. The van der Waals surface area contributed by atoms with E-state index in [1.807, 2.05) is 0 Å². The molecule has 15 nitrogen and oxygen atoms in total. The Morgan fingerprint density at radius 3 is 2.49 bits per heavy atom. The first-order chi connectivity index (χ1) is 23.4. The van der Waals surface area contributed by atoms with Crippen molar-refractivity contribution in [3.63, 3.8) is 0 Å². The largest absolute Gasteiger partial charge is 0.501 e. The lowest BCUT2D eigenvalue weighted by atomic mass is 9.79. The van der Waals surface area contributed by atoms with Gasteiger partial charge in [0.1, 0.15) is 21.4 Å². The molecule has 2 aromatic heterocycles. The van der Waals surface area contributed by atoms with Crippen molar-refractivity contribution >= 4 is 45.1 Å². The summed E-state index contributed by atoms with van der Waals surface area (Å²) in [5, 5.41) is 17.5. The Hall–Kier alpha value is -4.68. The number of rotatable bonds is 7. The fraction of sp³-hybridized carbons (Fsp3) is 0.419. The molecule has 260 valence electrons. The fourth-order valence-corrected chi connectivity index (χ4v) is 9.31. The monoisotopic (exact) mass is 716 g/mol. The molecule has 3 aliphatic heterocycles. The average Bonchev–Trinajstić information content (AvgIpc) is 3.48.